The van der Waals surface area contributed by atoms with Crippen molar-refractivity contribution < 1.29 is 22.7 Å². The Kier molecular flexibility index (Phi) is 6.84. The van der Waals surface area contributed by atoms with Gasteiger partial charge in [0.05, 0.1) is 25.4 Å². The third kappa shape index (κ3) is 4.67. The van der Waals surface area contributed by atoms with E-state index in [1.54, 1.807) is 31.3 Å². The summed E-state index contributed by atoms with van der Waals surface area (Å²) in [7, 11) is -3.81. The number of thiazole rings is 1. The lowest BCUT2D eigenvalue weighted by molar-refractivity contribution is 0.0729. The van der Waals surface area contributed by atoms with Gasteiger partial charge in [-0.3, -0.25) is 9.36 Å². The minimum Gasteiger partial charge on any atom is -0.492 e. The average Bonchev–Trinajstić information content (AvgIpc) is 3.43. The highest BCUT2D eigenvalue weighted by atomic mass is 32.2. The minimum atomic E-state index is -3.81. The highest BCUT2D eigenvalue weighted by molar-refractivity contribution is 7.89. The summed E-state index contributed by atoms with van der Waals surface area (Å²) >= 11 is 1.48. The first-order valence-corrected chi connectivity index (χ1v) is 12.9. The quantitative estimate of drug-likeness (QED) is 0.546. The fraction of sp³-hybridized carbons (Fsp3) is 0.364. The van der Waals surface area contributed by atoms with Crippen molar-refractivity contribution in [2.24, 2.45) is 0 Å². The highest BCUT2D eigenvalue weighted by Gasteiger charge is 2.30. The van der Waals surface area contributed by atoms with Gasteiger partial charge in [-0.05, 0) is 45.0 Å². The monoisotopic (exact) mass is 490 g/mol. The molecule has 3 aromatic rings. The molecule has 0 aliphatic carbocycles. The van der Waals surface area contributed by atoms with E-state index < -0.39 is 10.0 Å². The summed E-state index contributed by atoms with van der Waals surface area (Å²) in [5.41, 5.74) is 2.51. The molecule has 33 heavy (non-hydrogen) atoms. The lowest BCUT2D eigenvalue weighted by Crippen LogP contribution is -2.40. The maximum Gasteiger partial charge on any atom is 0.257 e. The summed E-state index contributed by atoms with van der Waals surface area (Å²) in [5, 5.41) is 5.50. The first-order valence-electron chi connectivity index (χ1n) is 10.6. The summed E-state index contributed by atoms with van der Waals surface area (Å²) in [4.78, 5) is 17.5. The fourth-order valence-electron chi connectivity index (χ4n) is 3.80. The van der Waals surface area contributed by atoms with Crippen molar-refractivity contribution in [3.63, 3.8) is 0 Å². The van der Waals surface area contributed by atoms with Crippen LogP contribution in [0.15, 0.2) is 40.7 Å². The van der Waals surface area contributed by atoms with Crippen molar-refractivity contribution >= 4 is 33.0 Å². The van der Waals surface area contributed by atoms with Crippen molar-refractivity contribution in [2.75, 3.05) is 38.2 Å². The second-order valence-electron chi connectivity index (χ2n) is 7.50. The highest BCUT2D eigenvalue weighted by Crippen LogP contribution is 2.31. The maximum absolute atomic E-state index is 13.3. The first-order chi connectivity index (χ1) is 15.8. The molecule has 1 aromatic carbocycles. The molecule has 1 aliphatic heterocycles. The van der Waals surface area contributed by atoms with E-state index in [4.69, 9.17) is 9.47 Å². The van der Waals surface area contributed by atoms with Crippen LogP contribution in [0.4, 0.5) is 5.69 Å². The van der Waals surface area contributed by atoms with E-state index in [0.717, 1.165) is 16.5 Å². The molecule has 0 atom stereocenters. The second-order valence-corrected chi connectivity index (χ2v) is 10.3. The Balaban J connectivity index is 1.65. The van der Waals surface area contributed by atoms with Gasteiger partial charge in [-0.15, -0.1) is 11.3 Å². The molecule has 1 aliphatic rings. The average molecular weight is 491 g/mol. The molecule has 4 rings (SSSR count). The molecular formula is C22H26N4O5S2. The van der Waals surface area contributed by atoms with Crippen LogP contribution in [0.2, 0.25) is 0 Å². The van der Waals surface area contributed by atoms with Crippen molar-refractivity contribution in [3.05, 3.63) is 52.8 Å². The lowest BCUT2D eigenvalue weighted by atomic mass is 10.2. The van der Waals surface area contributed by atoms with Crippen LogP contribution in [0, 0.1) is 13.8 Å². The number of nitrogens with one attached hydrogen (secondary N) is 1. The van der Waals surface area contributed by atoms with Crippen molar-refractivity contribution in [1.29, 1.82) is 0 Å². The molecule has 3 heterocycles. The number of aryl methyl sites for hydroxylation is 1. The number of nitrogens with zero attached hydrogens (tertiary/aromatic N) is 3. The summed E-state index contributed by atoms with van der Waals surface area (Å²) in [6.07, 6.45) is 1.72. The van der Waals surface area contributed by atoms with Crippen LogP contribution in [-0.4, -0.2) is 61.1 Å². The van der Waals surface area contributed by atoms with Gasteiger partial charge in [0, 0.05) is 41.7 Å². The van der Waals surface area contributed by atoms with Crippen LogP contribution >= 0.6 is 11.3 Å². The fourth-order valence-corrected chi connectivity index (χ4v) is 6.12. The summed E-state index contributed by atoms with van der Waals surface area (Å²) < 4.78 is 40.7. The van der Waals surface area contributed by atoms with Crippen LogP contribution in [-0.2, 0) is 14.8 Å². The van der Waals surface area contributed by atoms with E-state index in [2.05, 4.69) is 10.3 Å². The number of hydrogen-bond donors (Lipinski definition) is 1. The van der Waals surface area contributed by atoms with Crippen molar-refractivity contribution in [2.45, 2.75) is 25.7 Å². The van der Waals surface area contributed by atoms with Gasteiger partial charge in [-0.25, -0.2) is 13.4 Å². The van der Waals surface area contributed by atoms with Crippen molar-refractivity contribution in [3.8, 4) is 10.9 Å². The van der Waals surface area contributed by atoms with Gasteiger partial charge in [0.1, 0.15) is 10.6 Å². The molecule has 1 amide bonds. The number of anilines is 1. The topological polar surface area (TPSA) is 103 Å². The molecule has 0 spiro atoms. The SMILES string of the molecule is CCOc1ccc(NC(=O)c2cc(C)n(-c3nccs3)c2C)cc1S(=O)(=O)N1CCOCC1. The van der Waals surface area contributed by atoms with Gasteiger partial charge < -0.3 is 14.8 Å². The van der Waals surface area contributed by atoms with E-state index in [0.29, 0.717) is 31.1 Å². The number of sulfonamides is 1. The molecule has 1 N–H and O–H groups in total. The molecule has 0 bridgehead atoms. The molecule has 176 valence electrons. The van der Waals surface area contributed by atoms with Crippen LogP contribution in [0.5, 0.6) is 5.75 Å². The molecule has 0 radical (unpaired) electrons. The Morgan fingerprint density at radius 1 is 1.24 bits per heavy atom. The van der Waals surface area contributed by atoms with E-state index in [9.17, 15) is 13.2 Å². The zero-order chi connectivity index (χ0) is 23.6. The Bertz CT molecular complexity index is 1250. The maximum atomic E-state index is 13.3. The smallest absolute Gasteiger partial charge is 0.257 e. The largest absolute Gasteiger partial charge is 0.492 e. The number of morpholine rings is 1. The molecule has 1 saturated heterocycles. The Morgan fingerprint density at radius 2 is 2.00 bits per heavy atom. The molecule has 0 unspecified atom stereocenters. The summed E-state index contributed by atoms with van der Waals surface area (Å²) in [5.74, 6) is -0.0753. The molecule has 11 heteroatoms. The Morgan fingerprint density at radius 3 is 2.67 bits per heavy atom. The normalized spacial score (nSPS) is 14.9. The number of amides is 1. The number of aromatic nitrogens is 2. The minimum absolute atomic E-state index is 0.0253. The lowest BCUT2D eigenvalue weighted by Gasteiger charge is -2.27. The molecule has 2 aromatic heterocycles. The molecule has 1 fully saturated rings. The summed E-state index contributed by atoms with van der Waals surface area (Å²) in [6, 6.07) is 6.46. The van der Waals surface area contributed by atoms with Gasteiger partial charge in [0.15, 0.2) is 5.13 Å². The number of hydrogen-bond acceptors (Lipinski definition) is 7. The van der Waals surface area contributed by atoms with E-state index in [-0.39, 0.29) is 29.6 Å². The van der Waals surface area contributed by atoms with Gasteiger partial charge in [-0.2, -0.15) is 4.31 Å². The molecular weight excluding hydrogens is 464 g/mol. The first kappa shape index (κ1) is 23.4. The van der Waals surface area contributed by atoms with Gasteiger partial charge in [0.2, 0.25) is 10.0 Å². The van der Waals surface area contributed by atoms with Crippen LogP contribution in [0.1, 0.15) is 28.7 Å². The molecule has 9 nitrogen and oxygen atoms in total. The number of ether oxygens (including phenoxy) is 2. The van der Waals surface area contributed by atoms with E-state index in [1.165, 1.54) is 21.7 Å². The van der Waals surface area contributed by atoms with Gasteiger partial charge in [0.25, 0.3) is 5.91 Å². The second kappa shape index (κ2) is 9.64. The zero-order valence-corrected chi connectivity index (χ0v) is 20.3. The predicted molar refractivity (Wildman–Crippen MR) is 126 cm³/mol. The van der Waals surface area contributed by atoms with Crippen molar-refractivity contribution in [1.82, 2.24) is 13.9 Å². The summed E-state index contributed by atoms with van der Waals surface area (Å²) in [6.45, 7) is 7.10. The number of carbonyl (C=O) groups excluding carboxylic acids is 1. The van der Waals surface area contributed by atoms with Crippen LogP contribution < -0.4 is 10.1 Å². The Hall–Kier alpha value is -2.73. The Labute approximate surface area is 197 Å². The van der Waals surface area contributed by atoms with E-state index >= 15 is 0 Å². The third-order valence-electron chi connectivity index (χ3n) is 5.38. The van der Waals surface area contributed by atoms with E-state index in [1.807, 2.05) is 23.8 Å². The number of rotatable bonds is 7. The third-order valence-corrected chi connectivity index (χ3v) is 8.05. The van der Waals surface area contributed by atoms with Gasteiger partial charge in [-0.1, -0.05) is 0 Å². The van der Waals surface area contributed by atoms with Crippen LogP contribution in [0.3, 0.4) is 0 Å². The van der Waals surface area contributed by atoms with Gasteiger partial charge >= 0.3 is 0 Å². The zero-order valence-electron chi connectivity index (χ0n) is 18.7. The number of benzene rings is 1. The number of carbonyl (C=O) groups is 1. The van der Waals surface area contributed by atoms with Crippen LogP contribution in [0.25, 0.3) is 5.13 Å². The standard InChI is InChI=1S/C22H26N4O5S2/c1-4-31-19-6-5-17(14-20(19)33(28,29)25-8-10-30-11-9-25)24-21(27)18-13-15(2)26(16(18)3)22-23-7-12-32-22/h5-7,12-14H,4,8-11H2,1-3H3,(H,24,27). The molecule has 0 saturated carbocycles. The predicted octanol–water partition coefficient (Wildman–Crippen LogP) is 3.22.